The van der Waals surface area contributed by atoms with Gasteiger partial charge in [-0.15, -0.1) is 13.2 Å². The fourth-order valence-corrected chi connectivity index (χ4v) is 1.09. The van der Waals surface area contributed by atoms with Crippen molar-refractivity contribution in [1.29, 1.82) is 0 Å². The first-order valence-electron chi connectivity index (χ1n) is 3.82. The molecule has 0 radical (unpaired) electrons. The van der Waals surface area contributed by atoms with Crippen LogP contribution in [0.2, 0.25) is 5.02 Å². The van der Waals surface area contributed by atoms with Crippen molar-refractivity contribution in [2.75, 3.05) is 7.11 Å². The fraction of sp³-hybridized carbons (Fsp3) is 0.250. The zero-order valence-electron chi connectivity index (χ0n) is 7.84. The Morgan fingerprint density at radius 3 is 2.56 bits per heavy atom. The zero-order valence-corrected chi connectivity index (χ0v) is 8.59. The Hall–Kier alpha value is -1.50. The smallest absolute Gasteiger partial charge is 0.465 e. The second-order valence-corrected chi connectivity index (χ2v) is 2.94. The van der Waals surface area contributed by atoms with E-state index in [0.717, 1.165) is 19.5 Å². The van der Waals surface area contributed by atoms with Gasteiger partial charge in [-0.2, -0.15) is 0 Å². The highest BCUT2D eigenvalue weighted by atomic mass is 35.5. The number of pyridine rings is 1. The molecule has 0 fully saturated rings. The van der Waals surface area contributed by atoms with Crippen LogP contribution in [0, 0.1) is 0 Å². The number of aromatic nitrogens is 1. The average Bonchev–Trinajstić information content (AvgIpc) is 2.18. The van der Waals surface area contributed by atoms with Crippen LogP contribution >= 0.6 is 11.6 Å². The lowest BCUT2D eigenvalue weighted by atomic mass is 10.2. The van der Waals surface area contributed by atoms with Gasteiger partial charge in [0, 0.05) is 12.4 Å². The highest BCUT2D eigenvalue weighted by Gasteiger charge is 2.34. The molecule has 0 aliphatic rings. The van der Waals surface area contributed by atoms with Crippen molar-refractivity contribution in [2.45, 2.75) is 6.36 Å². The Kier molecular flexibility index (Phi) is 3.58. The molecule has 4 nitrogen and oxygen atoms in total. The molecular formula is C8H5ClF3NO3. The fourth-order valence-electron chi connectivity index (χ4n) is 0.898. The van der Waals surface area contributed by atoms with E-state index in [2.05, 4.69) is 14.5 Å². The minimum absolute atomic E-state index is 0.430. The van der Waals surface area contributed by atoms with Gasteiger partial charge in [0.1, 0.15) is 10.6 Å². The molecule has 1 rings (SSSR count). The Morgan fingerprint density at radius 2 is 2.06 bits per heavy atom. The first-order valence-corrected chi connectivity index (χ1v) is 4.20. The quantitative estimate of drug-likeness (QED) is 0.762. The van der Waals surface area contributed by atoms with Crippen molar-refractivity contribution < 1.29 is 27.4 Å². The standard InChI is InChI=1S/C8H5ClF3NO3/c1-15-7(14)4-2-13-3-5(9)6(4)16-8(10,11)12/h2-3H,1H3. The predicted molar refractivity (Wildman–Crippen MR) is 47.3 cm³/mol. The number of methoxy groups -OCH3 is 1. The lowest BCUT2D eigenvalue weighted by Crippen LogP contribution is -2.19. The average molecular weight is 256 g/mol. The summed E-state index contributed by atoms with van der Waals surface area (Å²) in [6.45, 7) is 0. The third-order valence-corrected chi connectivity index (χ3v) is 1.75. The third kappa shape index (κ3) is 2.99. The van der Waals surface area contributed by atoms with Crippen molar-refractivity contribution in [3.8, 4) is 5.75 Å². The Balaban J connectivity index is 3.19. The molecule has 16 heavy (non-hydrogen) atoms. The topological polar surface area (TPSA) is 48.4 Å². The van der Waals surface area contributed by atoms with E-state index < -0.39 is 28.7 Å². The van der Waals surface area contributed by atoms with Crippen molar-refractivity contribution in [2.24, 2.45) is 0 Å². The van der Waals surface area contributed by atoms with Gasteiger partial charge in [-0.3, -0.25) is 4.98 Å². The number of carbonyl (C=O) groups is 1. The molecule has 88 valence electrons. The van der Waals surface area contributed by atoms with Gasteiger partial charge >= 0.3 is 12.3 Å². The summed E-state index contributed by atoms with van der Waals surface area (Å²) < 4.78 is 43.9. The number of carbonyl (C=O) groups excluding carboxylic acids is 1. The Bertz CT molecular complexity index is 408. The molecule has 1 aromatic rings. The van der Waals surface area contributed by atoms with Crippen molar-refractivity contribution >= 4 is 17.6 Å². The number of hydrogen-bond donors (Lipinski definition) is 0. The highest BCUT2D eigenvalue weighted by Crippen LogP contribution is 2.32. The second kappa shape index (κ2) is 4.56. The molecule has 0 N–H and O–H groups in total. The molecule has 0 saturated carbocycles. The molecule has 0 aliphatic heterocycles. The van der Waals surface area contributed by atoms with Gasteiger partial charge in [0.25, 0.3) is 0 Å². The molecule has 0 atom stereocenters. The summed E-state index contributed by atoms with van der Waals surface area (Å²) in [4.78, 5) is 14.6. The maximum absolute atomic E-state index is 12.0. The van der Waals surface area contributed by atoms with Gasteiger partial charge in [0.2, 0.25) is 0 Å². The van der Waals surface area contributed by atoms with Crippen molar-refractivity contribution in [1.82, 2.24) is 4.98 Å². The second-order valence-electron chi connectivity index (χ2n) is 2.54. The Labute approximate surface area is 92.9 Å². The van der Waals surface area contributed by atoms with Gasteiger partial charge in [-0.25, -0.2) is 4.79 Å². The van der Waals surface area contributed by atoms with Gasteiger partial charge in [0.05, 0.1) is 7.11 Å². The van der Waals surface area contributed by atoms with Crippen LogP contribution in [0.25, 0.3) is 0 Å². The van der Waals surface area contributed by atoms with E-state index in [9.17, 15) is 18.0 Å². The number of alkyl halides is 3. The SMILES string of the molecule is COC(=O)c1cncc(Cl)c1OC(F)(F)F. The first-order chi connectivity index (χ1) is 7.35. The van der Waals surface area contributed by atoms with E-state index in [0.29, 0.717) is 0 Å². The molecular weight excluding hydrogens is 251 g/mol. The largest absolute Gasteiger partial charge is 0.573 e. The van der Waals surface area contributed by atoms with Crippen LogP contribution in [0.1, 0.15) is 10.4 Å². The monoisotopic (exact) mass is 255 g/mol. The predicted octanol–water partition coefficient (Wildman–Crippen LogP) is 2.42. The number of hydrogen-bond acceptors (Lipinski definition) is 4. The highest BCUT2D eigenvalue weighted by molar-refractivity contribution is 6.32. The zero-order chi connectivity index (χ0) is 12.3. The number of ether oxygens (including phenoxy) is 2. The molecule has 0 bridgehead atoms. The number of esters is 1. The molecule has 0 amide bonds. The summed E-state index contributed by atoms with van der Waals surface area (Å²) in [6, 6.07) is 0. The maximum Gasteiger partial charge on any atom is 0.573 e. The third-order valence-electron chi connectivity index (χ3n) is 1.48. The molecule has 1 heterocycles. The van der Waals surface area contributed by atoms with Crippen LogP contribution < -0.4 is 4.74 Å². The van der Waals surface area contributed by atoms with E-state index in [-0.39, 0.29) is 0 Å². The van der Waals surface area contributed by atoms with E-state index in [4.69, 9.17) is 11.6 Å². The van der Waals surface area contributed by atoms with E-state index in [1.165, 1.54) is 0 Å². The van der Waals surface area contributed by atoms with Crippen LogP contribution in [0.3, 0.4) is 0 Å². The molecule has 0 spiro atoms. The van der Waals surface area contributed by atoms with Crippen LogP contribution in [0.4, 0.5) is 13.2 Å². The van der Waals surface area contributed by atoms with E-state index in [1.54, 1.807) is 0 Å². The van der Waals surface area contributed by atoms with Gasteiger partial charge in [-0.1, -0.05) is 11.6 Å². The van der Waals surface area contributed by atoms with E-state index in [1.807, 2.05) is 0 Å². The van der Waals surface area contributed by atoms with Crippen LogP contribution in [-0.4, -0.2) is 24.4 Å². The summed E-state index contributed by atoms with van der Waals surface area (Å²) in [5.74, 6) is -1.84. The summed E-state index contributed by atoms with van der Waals surface area (Å²) >= 11 is 5.44. The van der Waals surface area contributed by atoms with Gasteiger partial charge < -0.3 is 9.47 Å². The summed E-state index contributed by atoms with van der Waals surface area (Å²) in [5, 5.41) is -0.430. The molecule has 0 unspecified atom stereocenters. The molecule has 0 aromatic carbocycles. The van der Waals surface area contributed by atoms with Crippen LogP contribution in [-0.2, 0) is 4.74 Å². The summed E-state index contributed by atoms with van der Waals surface area (Å²) in [5.41, 5.74) is -0.493. The number of halogens is 4. The maximum atomic E-state index is 12.0. The normalized spacial score (nSPS) is 11.1. The van der Waals surface area contributed by atoms with Crippen molar-refractivity contribution in [3.63, 3.8) is 0 Å². The Morgan fingerprint density at radius 1 is 1.44 bits per heavy atom. The van der Waals surface area contributed by atoms with Crippen LogP contribution in [0.5, 0.6) is 5.75 Å². The molecule has 0 saturated heterocycles. The minimum Gasteiger partial charge on any atom is -0.465 e. The minimum atomic E-state index is -4.95. The van der Waals surface area contributed by atoms with E-state index >= 15 is 0 Å². The summed E-state index contributed by atoms with van der Waals surface area (Å²) in [6.07, 6.45) is -3.15. The molecule has 8 heteroatoms. The van der Waals surface area contributed by atoms with Gasteiger partial charge in [0.15, 0.2) is 5.75 Å². The molecule has 0 aliphatic carbocycles. The van der Waals surface area contributed by atoms with Crippen molar-refractivity contribution in [3.05, 3.63) is 23.0 Å². The van der Waals surface area contributed by atoms with Gasteiger partial charge in [-0.05, 0) is 0 Å². The summed E-state index contributed by atoms with van der Waals surface area (Å²) in [7, 11) is 1.01. The number of nitrogens with zero attached hydrogens (tertiary/aromatic N) is 1. The van der Waals surface area contributed by atoms with Crippen LogP contribution in [0.15, 0.2) is 12.4 Å². The lowest BCUT2D eigenvalue weighted by Gasteiger charge is -2.12. The first kappa shape index (κ1) is 12.6. The molecule has 1 aromatic heterocycles. The lowest BCUT2D eigenvalue weighted by molar-refractivity contribution is -0.274. The number of rotatable bonds is 2.